The lowest BCUT2D eigenvalue weighted by Gasteiger charge is -2.40. The molecule has 1 aliphatic rings. The standard InChI is InChI=1S/C12H20ClN5O2/c1-17(2)6-12(20)4-3-5-18(7-12)11(19)9-8(13)10(14)16-15-9/h20H,3-7H2,1-2H3,(H3,14,15,16)/t12-/m1/s1. The lowest BCUT2D eigenvalue weighted by Crippen LogP contribution is -2.54. The number of carbonyl (C=O) groups excluding carboxylic acids is 1. The Kier molecular flexibility index (Phi) is 4.22. The topological polar surface area (TPSA) is 98.5 Å². The SMILES string of the molecule is CN(C)C[C@]1(O)CCCN(C(=O)c2[nH]nc(N)c2Cl)C1. The lowest BCUT2D eigenvalue weighted by atomic mass is 9.92. The molecule has 1 aliphatic heterocycles. The Morgan fingerprint density at radius 1 is 1.65 bits per heavy atom. The first kappa shape index (κ1) is 15.1. The first-order valence-electron chi connectivity index (χ1n) is 6.48. The van der Waals surface area contributed by atoms with Crippen LogP contribution in [0.3, 0.4) is 0 Å². The molecule has 0 unspecified atom stereocenters. The maximum absolute atomic E-state index is 12.4. The van der Waals surface area contributed by atoms with Crippen molar-refractivity contribution in [1.82, 2.24) is 20.0 Å². The summed E-state index contributed by atoms with van der Waals surface area (Å²) < 4.78 is 0. The molecule has 0 aromatic carbocycles. The van der Waals surface area contributed by atoms with Crippen LogP contribution >= 0.6 is 11.6 Å². The van der Waals surface area contributed by atoms with E-state index in [-0.39, 0.29) is 29.0 Å². The quantitative estimate of drug-likeness (QED) is 0.739. The fraction of sp³-hybridized carbons (Fsp3) is 0.667. The van der Waals surface area contributed by atoms with Crippen LogP contribution in [0.25, 0.3) is 0 Å². The van der Waals surface area contributed by atoms with Crippen LogP contribution in [-0.4, -0.2) is 70.3 Å². The van der Waals surface area contributed by atoms with E-state index in [1.165, 1.54) is 0 Å². The van der Waals surface area contributed by atoms with Crippen molar-refractivity contribution >= 4 is 23.3 Å². The Balaban J connectivity index is 2.13. The predicted molar refractivity (Wildman–Crippen MR) is 76.7 cm³/mol. The number of halogens is 1. The molecular weight excluding hydrogens is 282 g/mol. The van der Waals surface area contributed by atoms with Crippen molar-refractivity contribution in [1.29, 1.82) is 0 Å². The predicted octanol–water partition coefficient (Wildman–Crippen LogP) is 0.174. The van der Waals surface area contributed by atoms with Gasteiger partial charge in [0, 0.05) is 13.1 Å². The molecule has 0 radical (unpaired) electrons. The minimum absolute atomic E-state index is 0.107. The number of likely N-dealkylation sites (tertiary alicyclic amines) is 1. The van der Waals surface area contributed by atoms with Crippen molar-refractivity contribution < 1.29 is 9.90 Å². The van der Waals surface area contributed by atoms with Crippen molar-refractivity contribution in [3.63, 3.8) is 0 Å². The van der Waals surface area contributed by atoms with E-state index in [1.807, 2.05) is 19.0 Å². The third kappa shape index (κ3) is 3.05. The average Bonchev–Trinajstić information content (AvgIpc) is 2.67. The molecule has 112 valence electrons. The molecule has 20 heavy (non-hydrogen) atoms. The third-order valence-corrected chi connectivity index (χ3v) is 3.78. The Hall–Kier alpha value is -1.31. The zero-order valence-corrected chi connectivity index (χ0v) is 12.4. The molecule has 1 amide bonds. The summed E-state index contributed by atoms with van der Waals surface area (Å²) in [6.45, 7) is 1.37. The van der Waals surface area contributed by atoms with Gasteiger partial charge in [-0.05, 0) is 26.9 Å². The van der Waals surface area contributed by atoms with Gasteiger partial charge in [-0.25, -0.2) is 0 Å². The molecular formula is C12H20ClN5O2. The molecule has 1 atom stereocenters. The van der Waals surface area contributed by atoms with Crippen LogP contribution in [0.4, 0.5) is 5.82 Å². The summed E-state index contributed by atoms with van der Waals surface area (Å²) in [4.78, 5) is 15.9. The molecule has 1 aromatic heterocycles. The Labute approximate surface area is 122 Å². The largest absolute Gasteiger partial charge is 0.387 e. The number of hydrogen-bond donors (Lipinski definition) is 3. The molecule has 0 saturated carbocycles. The number of hydrogen-bond acceptors (Lipinski definition) is 5. The highest BCUT2D eigenvalue weighted by Crippen LogP contribution is 2.26. The number of likely N-dealkylation sites (N-methyl/N-ethyl adjacent to an activating group) is 1. The maximum atomic E-state index is 12.4. The molecule has 2 heterocycles. The van der Waals surface area contributed by atoms with Crippen LogP contribution in [0.1, 0.15) is 23.3 Å². The molecule has 0 bridgehead atoms. The zero-order chi connectivity index (χ0) is 14.9. The van der Waals surface area contributed by atoms with E-state index in [1.54, 1.807) is 4.90 Å². The van der Waals surface area contributed by atoms with Gasteiger partial charge in [0.05, 0.1) is 12.1 Å². The minimum Gasteiger partial charge on any atom is -0.387 e. The number of anilines is 1. The van der Waals surface area contributed by atoms with Crippen LogP contribution < -0.4 is 5.73 Å². The van der Waals surface area contributed by atoms with Gasteiger partial charge in [-0.3, -0.25) is 9.89 Å². The van der Waals surface area contributed by atoms with E-state index in [0.29, 0.717) is 19.5 Å². The summed E-state index contributed by atoms with van der Waals surface area (Å²) in [5.74, 6) is -0.174. The fourth-order valence-corrected chi connectivity index (χ4v) is 2.81. The normalized spacial score (nSPS) is 23.4. The number of aromatic amines is 1. The van der Waals surface area contributed by atoms with Gasteiger partial charge in [0.25, 0.3) is 5.91 Å². The van der Waals surface area contributed by atoms with Crippen molar-refractivity contribution in [2.75, 3.05) is 39.5 Å². The number of aliphatic hydroxyl groups is 1. The highest BCUT2D eigenvalue weighted by molar-refractivity contribution is 6.35. The highest BCUT2D eigenvalue weighted by atomic mass is 35.5. The summed E-state index contributed by atoms with van der Waals surface area (Å²) in [5.41, 5.74) is 4.81. The minimum atomic E-state index is -0.893. The van der Waals surface area contributed by atoms with E-state index in [4.69, 9.17) is 17.3 Å². The monoisotopic (exact) mass is 301 g/mol. The number of H-pyrrole nitrogens is 1. The number of nitrogens with two attached hydrogens (primary N) is 1. The summed E-state index contributed by atoms with van der Waals surface area (Å²) >= 11 is 5.94. The van der Waals surface area contributed by atoms with Gasteiger partial charge in [0.1, 0.15) is 10.7 Å². The number of piperidine rings is 1. The van der Waals surface area contributed by atoms with Gasteiger partial charge in [0.2, 0.25) is 0 Å². The van der Waals surface area contributed by atoms with Crippen molar-refractivity contribution in [2.45, 2.75) is 18.4 Å². The molecule has 1 saturated heterocycles. The second-order valence-electron chi connectivity index (χ2n) is 5.59. The first-order valence-corrected chi connectivity index (χ1v) is 6.86. The summed E-state index contributed by atoms with van der Waals surface area (Å²) in [7, 11) is 3.79. The smallest absolute Gasteiger partial charge is 0.273 e. The third-order valence-electron chi connectivity index (χ3n) is 3.40. The number of amides is 1. The highest BCUT2D eigenvalue weighted by Gasteiger charge is 2.36. The molecule has 0 spiro atoms. The maximum Gasteiger partial charge on any atom is 0.273 e. The van der Waals surface area contributed by atoms with Gasteiger partial charge in [-0.2, -0.15) is 5.10 Å². The number of rotatable bonds is 3. The number of nitrogens with zero attached hydrogens (tertiary/aromatic N) is 3. The number of carbonyl (C=O) groups is 1. The first-order chi connectivity index (χ1) is 9.32. The van der Waals surface area contributed by atoms with Crippen molar-refractivity contribution in [2.24, 2.45) is 0 Å². The van der Waals surface area contributed by atoms with E-state index in [9.17, 15) is 9.90 Å². The second-order valence-corrected chi connectivity index (χ2v) is 5.97. The van der Waals surface area contributed by atoms with Crippen LogP contribution in [0, 0.1) is 0 Å². The van der Waals surface area contributed by atoms with Crippen LogP contribution in [0.5, 0.6) is 0 Å². The summed E-state index contributed by atoms with van der Waals surface area (Å²) in [5, 5.41) is 17.0. The molecule has 1 aromatic rings. The van der Waals surface area contributed by atoms with Crippen LogP contribution in [-0.2, 0) is 0 Å². The zero-order valence-electron chi connectivity index (χ0n) is 11.7. The van der Waals surface area contributed by atoms with E-state index >= 15 is 0 Å². The van der Waals surface area contributed by atoms with Crippen molar-refractivity contribution in [3.05, 3.63) is 10.7 Å². The fourth-order valence-electron chi connectivity index (χ4n) is 2.65. The summed E-state index contributed by atoms with van der Waals surface area (Å²) in [6, 6.07) is 0. The van der Waals surface area contributed by atoms with Crippen molar-refractivity contribution in [3.8, 4) is 0 Å². The molecule has 0 aliphatic carbocycles. The van der Waals surface area contributed by atoms with Crippen LogP contribution in [0.15, 0.2) is 0 Å². The molecule has 1 fully saturated rings. The second kappa shape index (κ2) is 5.59. The van der Waals surface area contributed by atoms with Gasteiger partial charge >= 0.3 is 0 Å². The Morgan fingerprint density at radius 3 is 2.90 bits per heavy atom. The van der Waals surface area contributed by atoms with E-state index in [2.05, 4.69) is 10.2 Å². The average molecular weight is 302 g/mol. The number of nitrogen functional groups attached to an aromatic ring is 1. The van der Waals surface area contributed by atoms with E-state index < -0.39 is 5.60 Å². The van der Waals surface area contributed by atoms with Gasteiger partial charge in [0.15, 0.2) is 5.82 Å². The lowest BCUT2D eigenvalue weighted by molar-refractivity contribution is -0.0392. The molecule has 8 heteroatoms. The number of β-amino-alcohol motifs (C(OH)–C–C–N with tert-alkyl or cyclic N) is 1. The number of aromatic nitrogens is 2. The Bertz CT molecular complexity index is 504. The van der Waals surface area contributed by atoms with E-state index in [0.717, 1.165) is 6.42 Å². The summed E-state index contributed by atoms with van der Waals surface area (Å²) in [6.07, 6.45) is 1.42. The van der Waals surface area contributed by atoms with Gasteiger partial charge in [-0.15, -0.1) is 0 Å². The molecule has 4 N–H and O–H groups in total. The van der Waals surface area contributed by atoms with Gasteiger partial charge in [-0.1, -0.05) is 11.6 Å². The molecule has 7 nitrogen and oxygen atoms in total. The molecule has 2 rings (SSSR count). The number of nitrogens with one attached hydrogen (secondary N) is 1. The Morgan fingerprint density at radius 2 is 2.35 bits per heavy atom. The van der Waals surface area contributed by atoms with Crippen LogP contribution in [0.2, 0.25) is 5.02 Å². The van der Waals surface area contributed by atoms with Gasteiger partial charge < -0.3 is 20.6 Å².